The molecule has 1 N–H and O–H groups in total. The molecule has 1 aliphatic heterocycles. The third kappa shape index (κ3) is 3.32. The van der Waals surface area contributed by atoms with Crippen LogP contribution >= 0.6 is 0 Å². The average Bonchev–Trinajstić information content (AvgIpc) is 2.66. The van der Waals surface area contributed by atoms with Crippen LogP contribution in [0.25, 0.3) is 0 Å². The van der Waals surface area contributed by atoms with Gasteiger partial charge < -0.3 is 10.1 Å². The zero-order chi connectivity index (χ0) is 10.5. The third-order valence-electron chi connectivity index (χ3n) is 3.61. The Bertz CT molecular complexity index is 225. The van der Waals surface area contributed by atoms with Gasteiger partial charge in [0, 0.05) is 12.6 Å². The molecule has 1 saturated heterocycles. The molecule has 0 aromatic carbocycles. The summed E-state index contributed by atoms with van der Waals surface area (Å²) < 4.78 is 5.53. The van der Waals surface area contributed by atoms with Gasteiger partial charge in [-0.2, -0.15) is 0 Å². The second-order valence-electron chi connectivity index (χ2n) is 4.78. The third-order valence-corrected chi connectivity index (χ3v) is 3.61. The molecule has 0 radical (unpaired) electrons. The van der Waals surface area contributed by atoms with Crippen molar-refractivity contribution in [1.82, 2.24) is 5.32 Å². The van der Waals surface area contributed by atoms with E-state index in [1.54, 1.807) is 5.57 Å². The van der Waals surface area contributed by atoms with Gasteiger partial charge in [-0.25, -0.2) is 0 Å². The molecule has 0 unspecified atom stereocenters. The van der Waals surface area contributed by atoms with E-state index in [2.05, 4.69) is 18.3 Å². The number of ether oxygens (including phenoxy) is 1. The first kappa shape index (κ1) is 11.2. The van der Waals surface area contributed by atoms with Gasteiger partial charge in [0.2, 0.25) is 0 Å². The van der Waals surface area contributed by atoms with E-state index in [-0.39, 0.29) is 0 Å². The standard InChI is InChI=1S/C13H23NO/c1-11-13(8-10-15-11)14-9-7-12-5-3-2-4-6-12/h5,11,13-14H,2-4,6-10H2,1H3/t11-,13-/m0/s1. The maximum atomic E-state index is 5.53. The summed E-state index contributed by atoms with van der Waals surface area (Å²) in [6, 6.07) is 0.592. The zero-order valence-electron chi connectivity index (χ0n) is 9.80. The minimum absolute atomic E-state index is 0.408. The highest BCUT2D eigenvalue weighted by Gasteiger charge is 2.23. The van der Waals surface area contributed by atoms with E-state index in [4.69, 9.17) is 4.74 Å². The molecule has 0 amide bonds. The van der Waals surface area contributed by atoms with Gasteiger partial charge in [-0.3, -0.25) is 0 Å². The van der Waals surface area contributed by atoms with E-state index >= 15 is 0 Å². The van der Waals surface area contributed by atoms with Crippen LogP contribution in [-0.2, 0) is 4.74 Å². The molecule has 1 heterocycles. The molecule has 2 aliphatic rings. The van der Waals surface area contributed by atoms with Gasteiger partial charge in [0.15, 0.2) is 0 Å². The predicted octanol–water partition coefficient (Wildman–Crippen LogP) is 2.64. The van der Waals surface area contributed by atoms with Crippen molar-refractivity contribution in [3.05, 3.63) is 11.6 Å². The van der Waals surface area contributed by atoms with Crippen LogP contribution in [0.2, 0.25) is 0 Å². The molecule has 2 atom stereocenters. The molecule has 1 aliphatic carbocycles. The van der Waals surface area contributed by atoms with Gasteiger partial charge in [-0.05, 0) is 52.0 Å². The van der Waals surface area contributed by atoms with Crippen LogP contribution in [0.4, 0.5) is 0 Å². The molecule has 0 aromatic heterocycles. The molecule has 15 heavy (non-hydrogen) atoms. The van der Waals surface area contributed by atoms with Crippen molar-refractivity contribution in [2.75, 3.05) is 13.2 Å². The zero-order valence-corrected chi connectivity index (χ0v) is 9.80. The van der Waals surface area contributed by atoms with Gasteiger partial charge >= 0.3 is 0 Å². The smallest absolute Gasteiger partial charge is 0.0700 e. The molecule has 0 aromatic rings. The van der Waals surface area contributed by atoms with Crippen LogP contribution in [-0.4, -0.2) is 25.3 Å². The minimum Gasteiger partial charge on any atom is -0.377 e. The highest BCUT2D eigenvalue weighted by atomic mass is 16.5. The first-order valence-corrected chi connectivity index (χ1v) is 6.39. The van der Waals surface area contributed by atoms with E-state index < -0.39 is 0 Å². The van der Waals surface area contributed by atoms with E-state index in [0.717, 1.165) is 13.2 Å². The van der Waals surface area contributed by atoms with Crippen molar-refractivity contribution in [2.45, 2.75) is 57.6 Å². The van der Waals surface area contributed by atoms with Crippen molar-refractivity contribution in [1.29, 1.82) is 0 Å². The maximum Gasteiger partial charge on any atom is 0.0700 e. The van der Waals surface area contributed by atoms with E-state index in [0.29, 0.717) is 12.1 Å². The highest BCUT2D eigenvalue weighted by molar-refractivity contribution is 5.05. The van der Waals surface area contributed by atoms with Gasteiger partial charge in [0.1, 0.15) is 0 Å². The van der Waals surface area contributed by atoms with Crippen LogP contribution in [0.5, 0.6) is 0 Å². The summed E-state index contributed by atoms with van der Waals surface area (Å²) in [7, 11) is 0. The number of allylic oxidation sites excluding steroid dienone is 1. The fourth-order valence-corrected chi connectivity index (χ4v) is 2.55. The molecule has 86 valence electrons. The summed E-state index contributed by atoms with van der Waals surface area (Å²) in [5.41, 5.74) is 1.67. The van der Waals surface area contributed by atoms with Crippen LogP contribution < -0.4 is 5.32 Å². The van der Waals surface area contributed by atoms with Crippen molar-refractivity contribution >= 4 is 0 Å². The van der Waals surface area contributed by atoms with Gasteiger partial charge in [-0.1, -0.05) is 11.6 Å². The van der Waals surface area contributed by atoms with Gasteiger partial charge in [0.25, 0.3) is 0 Å². The van der Waals surface area contributed by atoms with Crippen LogP contribution in [0.3, 0.4) is 0 Å². The van der Waals surface area contributed by atoms with E-state index in [1.165, 1.54) is 38.5 Å². The Labute approximate surface area is 93.1 Å². The molecule has 2 nitrogen and oxygen atoms in total. The molecular weight excluding hydrogens is 186 g/mol. The Kier molecular flexibility index (Phi) is 4.21. The quantitative estimate of drug-likeness (QED) is 0.719. The lowest BCUT2D eigenvalue weighted by Crippen LogP contribution is -2.35. The molecule has 2 rings (SSSR count). The summed E-state index contributed by atoms with van der Waals surface area (Å²) in [6.45, 7) is 4.23. The Morgan fingerprint density at radius 2 is 2.40 bits per heavy atom. The number of hydrogen-bond acceptors (Lipinski definition) is 2. The largest absolute Gasteiger partial charge is 0.377 e. The Balaban J connectivity index is 1.63. The van der Waals surface area contributed by atoms with Crippen LogP contribution in [0.15, 0.2) is 11.6 Å². The Morgan fingerprint density at radius 3 is 3.07 bits per heavy atom. The normalized spacial score (nSPS) is 31.7. The van der Waals surface area contributed by atoms with Crippen molar-refractivity contribution in [2.24, 2.45) is 0 Å². The van der Waals surface area contributed by atoms with E-state index in [1.807, 2.05) is 0 Å². The first-order valence-electron chi connectivity index (χ1n) is 6.39. The monoisotopic (exact) mass is 209 g/mol. The first-order chi connectivity index (χ1) is 7.36. The summed E-state index contributed by atoms with van der Waals surface area (Å²) >= 11 is 0. The summed E-state index contributed by atoms with van der Waals surface area (Å²) in [6.07, 6.45) is 10.7. The molecular formula is C13H23NO. The van der Waals surface area contributed by atoms with Crippen molar-refractivity contribution in [3.63, 3.8) is 0 Å². The van der Waals surface area contributed by atoms with E-state index in [9.17, 15) is 0 Å². The lowest BCUT2D eigenvalue weighted by molar-refractivity contribution is 0.113. The average molecular weight is 209 g/mol. The summed E-state index contributed by atoms with van der Waals surface area (Å²) in [4.78, 5) is 0. The molecule has 0 spiro atoms. The second kappa shape index (κ2) is 5.66. The van der Waals surface area contributed by atoms with Gasteiger partial charge in [0.05, 0.1) is 6.10 Å². The SMILES string of the molecule is C[C@@H]1OCC[C@@H]1NCCC1=CCCCC1. The molecule has 0 bridgehead atoms. The fourth-order valence-electron chi connectivity index (χ4n) is 2.55. The van der Waals surface area contributed by atoms with Crippen LogP contribution in [0.1, 0.15) is 45.4 Å². The predicted molar refractivity (Wildman–Crippen MR) is 63.0 cm³/mol. The molecule has 0 saturated carbocycles. The Hall–Kier alpha value is -0.340. The maximum absolute atomic E-state index is 5.53. The second-order valence-corrected chi connectivity index (χ2v) is 4.78. The topological polar surface area (TPSA) is 21.3 Å². The molecule has 1 fully saturated rings. The van der Waals surface area contributed by atoms with Crippen molar-refractivity contribution < 1.29 is 4.74 Å². The number of nitrogens with one attached hydrogen (secondary N) is 1. The van der Waals surface area contributed by atoms with Crippen LogP contribution in [0, 0.1) is 0 Å². The summed E-state index contributed by atoms with van der Waals surface area (Å²) in [5.74, 6) is 0. The Morgan fingerprint density at radius 1 is 1.47 bits per heavy atom. The minimum atomic E-state index is 0.408. The number of rotatable bonds is 4. The molecule has 2 heteroatoms. The number of hydrogen-bond donors (Lipinski definition) is 1. The fraction of sp³-hybridized carbons (Fsp3) is 0.846. The lowest BCUT2D eigenvalue weighted by Gasteiger charge is -2.17. The summed E-state index contributed by atoms with van der Waals surface area (Å²) in [5, 5.41) is 3.61. The van der Waals surface area contributed by atoms with Gasteiger partial charge in [-0.15, -0.1) is 0 Å². The lowest BCUT2D eigenvalue weighted by atomic mass is 9.97. The highest BCUT2D eigenvalue weighted by Crippen LogP contribution is 2.20. The van der Waals surface area contributed by atoms with Crippen molar-refractivity contribution in [3.8, 4) is 0 Å².